The number of aromatic nitrogens is 1. The first-order valence-corrected chi connectivity index (χ1v) is 8.17. The van der Waals surface area contributed by atoms with Crippen LogP contribution in [0.1, 0.15) is 0 Å². The molecule has 3 rings (SSSR count). The zero-order chi connectivity index (χ0) is 13.5. The Morgan fingerprint density at radius 1 is 1.11 bits per heavy atom. The number of H-pyrrole nitrogens is 1. The molecule has 1 aromatic heterocycles. The maximum atomic E-state index is 11.5. The second-order valence-electron chi connectivity index (χ2n) is 4.87. The number of nitrogens with one attached hydrogen (secondary N) is 1. The topological polar surface area (TPSA) is 56.4 Å². The molecule has 6 heteroatoms. The number of aromatic amines is 1. The number of hydrogen-bond acceptors (Lipinski definition) is 3. The van der Waals surface area contributed by atoms with Gasteiger partial charge in [-0.05, 0) is 6.07 Å². The van der Waals surface area contributed by atoms with E-state index in [4.69, 9.17) is 0 Å². The van der Waals surface area contributed by atoms with Crippen molar-refractivity contribution < 1.29 is 8.42 Å². The van der Waals surface area contributed by atoms with E-state index in [9.17, 15) is 8.42 Å². The van der Waals surface area contributed by atoms with E-state index in [0.717, 1.165) is 24.3 Å². The molecule has 1 aromatic carbocycles. The van der Waals surface area contributed by atoms with E-state index >= 15 is 0 Å². The lowest BCUT2D eigenvalue weighted by molar-refractivity contribution is 0.388. The summed E-state index contributed by atoms with van der Waals surface area (Å²) >= 11 is 0. The molecule has 1 aliphatic rings. The minimum absolute atomic E-state index is 0.554. The van der Waals surface area contributed by atoms with E-state index in [1.165, 1.54) is 11.6 Å². The smallest absolute Gasteiger partial charge is 0.211 e. The quantitative estimate of drug-likeness (QED) is 0.900. The molecule has 2 aromatic rings. The van der Waals surface area contributed by atoms with Crippen molar-refractivity contribution in [1.29, 1.82) is 0 Å². The Labute approximate surface area is 112 Å². The Bertz CT molecular complexity index is 685. The molecule has 0 atom stereocenters. The van der Waals surface area contributed by atoms with Crippen LogP contribution in [0.4, 0.5) is 5.69 Å². The highest BCUT2D eigenvalue weighted by Gasteiger charge is 2.24. The maximum absolute atomic E-state index is 11.5. The predicted octanol–water partition coefficient (Wildman–Crippen LogP) is 1.25. The first-order chi connectivity index (χ1) is 9.05. The highest BCUT2D eigenvalue weighted by atomic mass is 32.2. The Kier molecular flexibility index (Phi) is 2.99. The van der Waals surface area contributed by atoms with Crippen molar-refractivity contribution in [2.75, 3.05) is 37.3 Å². The maximum Gasteiger partial charge on any atom is 0.211 e. The lowest BCUT2D eigenvalue weighted by Crippen LogP contribution is -2.48. The standard InChI is InChI=1S/C13H17N3O2S/c1-19(17,18)16-8-6-15(7-9-16)13-10-14-12-5-3-2-4-11(12)13/h2-5,10,14H,6-9H2,1H3. The van der Waals surface area contributed by atoms with Crippen LogP contribution in [0.3, 0.4) is 0 Å². The molecule has 0 unspecified atom stereocenters. The van der Waals surface area contributed by atoms with E-state index in [0.29, 0.717) is 13.1 Å². The molecule has 0 aliphatic carbocycles. The third-order valence-electron chi connectivity index (χ3n) is 3.62. The molecule has 1 aliphatic heterocycles. The molecule has 102 valence electrons. The predicted molar refractivity (Wildman–Crippen MR) is 76.9 cm³/mol. The molecule has 5 nitrogen and oxygen atoms in total. The minimum atomic E-state index is -3.06. The van der Waals surface area contributed by atoms with Crippen LogP contribution in [-0.2, 0) is 10.0 Å². The van der Waals surface area contributed by atoms with E-state index in [1.54, 1.807) is 4.31 Å². The van der Waals surface area contributed by atoms with Crippen LogP contribution in [0.25, 0.3) is 10.9 Å². The molecule has 2 heterocycles. The van der Waals surface area contributed by atoms with Crippen LogP contribution in [0.2, 0.25) is 0 Å². The van der Waals surface area contributed by atoms with Crippen LogP contribution in [0.5, 0.6) is 0 Å². The molecule has 1 N–H and O–H groups in total. The highest BCUT2D eigenvalue weighted by Crippen LogP contribution is 2.27. The Morgan fingerprint density at radius 2 is 1.79 bits per heavy atom. The van der Waals surface area contributed by atoms with Gasteiger partial charge in [0.2, 0.25) is 10.0 Å². The Hall–Kier alpha value is -1.53. The van der Waals surface area contributed by atoms with Crippen molar-refractivity contribution in [1.82, 2.24) is 9.29 Å². The zero-order valence-electron chi connectivity index (χ0n) is 10.8. The summed E-state index contributed by atoms with van der Waals surface area (Å²) < 4.78 is 24.5. The molecule has 0 spiro atoms. The number of nitrogens with zero attached hydrogens (tertiary/aromatic N) is 2. The first kappa shape index (κ1) is 12.5. The van der Waals surface area contributed by atoms with E-state index in [-0.39, 0.29) is 0 Å². The van der Waals surface area contributed by atoms with Gasteiger partial charge in [-0.3, -0.25) is 0 Å². The number of anilines is 1. The molecule has 19 heavy (non-hydrogen) atoms. The monoisotopic (exact) mass is 279 g/mol. The fraction of sp³-hybridized carbons (Fsp3) is 0.385. The van der Waals surface area contributed by atoms with Crippen LogP contribution in [-0.4, -0.2) is 50.1 Å². The zero-order valence-corrected chi connectivity index (χ0v) is 11.7. The summed E-state index contributed by atoms with van der Waals surface area (Å²) in [4.78, 5) is 5.49. The average Bonchev–Trinajstić information content (AvgIpc) is 2.82. The summed E-state index contributed by atoms with van der Waals surface area (Å²) in [7, 11) is -3.06. The Balaban J connectivity index is 1.82. The molecule has 1 saturated heterocycles. The number of sulfonamides is 1. The van der Waals surface area contributed by atoms with E-state index in [2.05, 4.69) is 16.0 Å². The van der Waals surface area contributed by atoms with Crippen LogP contribution in [0, 0.1) is 0 Å². The third-order valence-corrected chi connectivity index (χ3v) is 4.92. The third kappa shape index (κ3) is 2.33. The van der Waals surface area contributed by atoms with Gasteiger partial charge >= 0.3 is 0 Å². The molecular formula is C13H17N3O2S. The van der Waals surface area contributed by atoms with Gasteiger partial charge in [-0.1, -0.05) is 18.2 Å². The fourth-order valence-corrected chi connectivity index (χ4v) is 3.41. The molecular weight excluding hydrogens is 262 g/mol. The summed E-state index contributed by atoms with van der Waals surface area (Å²) in [5.74, 6) is 0. The summed E-state index contributed by atoms with van der Waals surface area (Å²) in [6.45, 7) is 2.57. The van der Waals surface area contributed by atoms with Gasteiger partial charge in [-0.15, -0.1) is 0 Å². The van der Waals surface area contributed by atoms with E-state index < -0.39 is 10.0 Å². The van der Waals surface area contributed by atoms with Gasteiger partial charge in [0.1, 0.15) is 0 Å². The van der Waals surface area contributed by atoms with Crippen LogP contribution >= 0.6 is 0 Å². The van der Waals surface area contributed by atoms with Crippen molar-refractivity contribution in [2.24, 2.45) is 0 Å². The van der Waals surface area contributed by atoms with Crippen molar-refractivity contribution in [2.45, 2.75) is 0 Å². The number of piperazine rings is 1. The summed E-state index contributed by atoms with van der Waals surface area (Å²) in [6, 6.07) is 8.16. The number of hydrogen-bond donors (Lipinski definition) is 1. The average molecular weight is 279 g/mol. The molecule has 1 fully saturated rings. The van der Waals surface area contributed by atoms with Crippen molar-refractivity contribution in [3.05, 3.63) is 30.5 Å². The van der Waals surface area contributed by atoms with E-state index in [1.807, 2.05) is 24.4 Å². The van der Waals surface area contributed by atoms with Gasteiger partial charge in [-0.25, -0.2) is 8.42 Å². The molecule has 0 amide bonds. The van der Waals surface area contributed by atoms with Gasteiger partial charge in [-0.2, -0.15) is 4.31 Å². The number of fused-ring (bicyclic) bond motifs is 1. The number of benzene rings is 1. The van der Waals surface area contributed by atoms with Gasteiger partial charge in [0.15, 0.2) is 0 Å². The SMILES string of the molecule is CS(=O)(=O)N1CCN(c2c[nH]c3ccccc23)CC1. The summed E-state index contributed by atoms with van der Waals surface area (Å²) in [6.07, 6.45) is 3.27. The number of rotatable bonds is 2. The minimum Gasteiger partial charge on any atom is -0.367 e. The Morgan fingerprint density at radius 3 is 2.47 bits per heavy atom. The first-order valence-electron chi connectivity index (χ1n) is 6.32. The lowest BCUT2D eigenvalue weighted by atomic mass is 10.2. The molecule has 0 radical (unpaired) electrons. The van der Waals surface area contributed by atoms with Gasteiger partial charge in [0.05, 0.1) is 11.9 Å². The number of para-hydroxylation sites is 1. The van der Waals surface area contributed by atoms with Crippen molar-refractivity contribution in [3.8, 4) is 0 Å². The second kappa shape index (κ2) is 4.54. The second-order valence-corrected chi connectivity index (χ2v) is 6.85. The van der Waals surface area contributed by atoms with Gasteiger partial charge in [0.25, 0.3) is 0 Å². The fourth-order valence-electron chi connectivity index (χ4n) is 2.58. The summed E-state index contributed by atoms with van der Waals surface area (Å²) in [5.41, 5.74) is 2.27. The highest BCUT2D eigenvalue weighted by molar-refractivity contribution is 7.88. The molecule has 0 saturated carbocycles. The summed E-state index contributed by atoms with van der Waals surface area (Å²) in [5, 5.41) is 1.19. The van der Waals surface area contributed by atoms with Crippen molar-refractivity contribution >= 4 is 26.6 Å². The van der Waals surface area contributed by atoms with Gasteiger partial charge < -0.3 is 9.88 Å². The van der Waals surface area contributed by atoms with Gasteiger partial charge in [0, 0.05) is 43.3 Å². The van der Waals surface area contributed by atoms with Crippen LogP contribution < -0.4 is 4.90 Å². The largest absolute Gasteiger partial charge is 0.367 e. The lowest BCUT2D eigenvalue weighted by Gasteiger charge is -2.34. The normalized spacial score (nSPS) is 18.1. The molecule has 0 bridgehead atoms. The van der Waals surface area contributed by atoms with Crippen LogP contribution in [0.15, 0.2) is 30.5 Å². The van der Waals surface area contributed by atoms with Crippen molar-refractivity contribution in [3.63, 3.8) is 0 Å².